The molecule has 1 rings (SSSR count). The first-order chi connectivity index (χ1) is 9.79. The van der Waals surface area contributed by atoms with Crippen LogP contribution in [-0.2, 0) is 11.2 Å². The molecule has 0 bridgehead atoms. The first-order valence-electron chi connectivity index (χ1n) is 7.17. The SMILES string of the molecule is CC(C)Oc1cc(Cl)c(CCCC(=O)O)cc1OC(C)C. The quantitative estimate of drug-likeness (QED) is 0.776. The van der Waals surface area contributed by atoms with Gasteiger partial charge in [0.25, 0.3) is 0 Å². The summed E-state index contributed by atoms with van der Waals surface area (Å²) in [5, 5.41) is 9.28. The molecule has 0 heterocycles. The lowest BCUT2D eigenvalue weighted by atomic mass is 10.1. The molecule has 0 unspecified atom stereocenters. The van der Waals surface area contributed by atoms with E-state index in [1.807, 2.05) is 33.8 Å². The maximum absolute atomic E-state index is 10.6. The van der Waals surface area contributed by atoms with Gasteiger partial charge in [0, 0.05) is 17.5 Å². The smallest absolute Gasteiger partial charge is 0.303 e. The van der Waals surface area contributed by atoms with E-state index in [9.17, 15) is 4.79 Å². The Balaban J connectivity index is 2.96. The highest BCUT2D eigenvalue weighted by Gasteiger charge is 2.14. The van der Waals surface area contributed by atoms with Gasteiger partial charge in [0.05, 0.1) is 12.2 Å². The summed E-state index contributed by atoms with van der Waals surface area (Å²) in [7, 11) is 0. The van der Waals surface area contributed by atoms with E-state index in [4.69, 9.17) is 26.2 Å². The van der Waals surface area contributed by atoms with Crippen LogP contribution in [0.1, 0.15) is 46.1 Å². The molecule has 0 radical (unpaired) electrons. The van der Waals surface area contributed by atoms with Gasteiger partial charge in [0.1, 0.15) is 0 Å². The molecule has 1 aromatic rings. The molecule has 21 heavy (non-hydrogen) atoms. The van der Waals surface area contributed by atoms with Crippen LogP contribution in [0.5, 0.6) is 11.5 Å². The number of carbonyl (C=O) groups is 1. The molecule has 0 saturated carbocycles. The molecule has 0 fully saturated rings. The summed E-state index contributed by atoms with van der Waals surface area (Å²) in [4.78, 5) is 10.6. The number of hydrogen-bond acceptors (Lipinski definition) is 3. The molecule has 0 aliphatic carbocycles. The van der Waals surface area contributed by atoms with Gasteiger partial charge in [-0.15, -0.1) is 0 Å². The van der Waals surface area contributed by atoms with E-state index >= 15 is 0 Å². The summed E-state index contributed by atoms with van der Waals surface area (Å²) >= 11 is 6.25. The topological polar surface area (TPSA) is 55.8 Å². The second-order valence-corrected chi connectivity index (χ2v) is 5.88. The summed E-state index contributed by atoms with van der Waals surface area (Å²) < 4.78 is 11.5. The zero-order chi connectivity index (χ0) is 16.0. The highest BCUT2D eigenvalue weighted by Crippen LogP contribution is 2.35. The van der Waals surface area contributed by atoms with Crippen molar-refractivity contribution in [3.05, 3.63) is 22.7 Å². The molecule has 0 spiro atoms. The van der Waals surface area contributed by atoms with E-state index in [1.165, 1.54) is 0 Å². The number of halogens is 1. The van der Waals surface area contributed by atoms with E-state index in [0.717, 1.165) is 5.56 Å². The second-order valence-electron chi connectivity index (χ2n) is 5.47. The number of rotatable bonds is 8. The summed E-state index contributed by atoms with van der Waals surface area (Å²) in [6.07, 6.45) is 1.31. The number of carboxylic acid groups (broad SMARTS) is 1. The van der Waals surface area contributed by atoms with E-state index in [2.05, 4.69) is 0 Å². The molecule has 0 atom stereocenters. The lowest BCUT2D eigenvalue weighted by molar-refractivity contribution is -0.137. The Hall–Kier alpha value is -1.42. The fourth-order valence-electron chi connectivity index (χ4n) is 1.89. The second kappa shape index (κ2) is 8.13. The van der Waals surface area contributed by atoms with Crippen LogP contribution >= 0.6 is 11.6 Å². The predicted molar refractivity (Wildman–Crippen MR) is 83.6 cm³/mol. The lowest BCUT2D eigenvalue weighted by Crippen LogP contribution is -2.11. The van der Waals surface area contributed by atoms with Gasteiger partial charge in [-0.3, -0.25) is 4.79 Å². The van der Waals surface area contributed by atoms with Gasteiger partial charge in [-0.05, 0) is 52.2 Å². The zero-order valence-corrected chi connectivity index (χ0v) is 13.7. The maximum Gasteiger partial charge on any atom is 0.303 e. The molecule has 0 aliphatic rings. The van der Waals surface area contributed by atoms with Crippen LogP contribution in [0.4, 0.5) is 0 Å². The molecule has 4 nitrogen and oxygen atoms in total. The standard InChI is InChI=1S/C16H23ClO4/c1-10(2)20-14-8-12(6-5-7-16(18)19)13(17)9-15(14)21-11(3)4/h8-11H,5-7H2,1-4H3,(H,18,19). The minimum Gasteiger partial charge on any atom is -0.487 e. The van der Waals surface area contributed by atoms with Gasteiger partial charge in [0.15, 0.2) is 11.5 Å². The molecule has 0 amide bonds. The number of benzene rings is 1. The summed E-state index contributed by atoms with van der Waals surface area (Å²) in [5.74, 6) is 0.462. The van der Waals surface area contributed by atoms with Gasteiger partial charge in [0.2, 0.25) is 0 Å². The van der Waals surface area contributed by atoms with Gasteiger partial charge in [-0.25, -0.2) is 0 Å². The first kappa shape index (κ1) is 17.6. The van der Waals surface area contributed by atoms with Gasteiger partial charge in [-0.1, -0.05) is 11.6 Å². The van der Waals surface area contributed by atoms with Crippen LogP contribution in [0.25, 0.3) is 0 Å². The predicted octanol–water partition coefficient (Wildman–Crippen LogP) is 4.32. The molecule has 5 heteroatoms. The summed E-state index contributed by atoms with van der Waals surface area (Å²) in [5.41, 5.74) is 0.879. The Morgan fingerprint density at radius 3 is 2.14 bits per heavy atom. The van der Waals surface area contributed by atoms with E-state index in [0.29, 0.717) is 29.4 Å². The van der Waals surface area contributed by atoms with Crippen molar-refractivity contribution in [2.45, 2.75) is 59.2 Å². The molecule has 0 aliphatic heterocycles. The molecule has 0 aromatic heterocycles. The van der Waals surface area contributed by atoms with Crippen LogP contribution in [-0.4, -0.2) is 23.3 Å². The van der Waals surface area contributed by atoms with Crippen LogP contribution in [0.15, 0.2) is 12.1 Å². The average Bonchev–Trinajstić information content (AvgIpc) is 2.32. The van der Waals surface area contributed by atoms with Crippen molar-refractivity contribution in [2.75, 3.05) is 0 Å². The fourth-order valence-corrected chi connectivity index (χ4v) is 2.14. The number of carboxylic acids is 1. The van der Waals surface area contributed by atoms with E-state index in [1.54, 1.807) is 6.07 Å². The van der Waals surface area contributed by atoms with Gasteiger partial charge < -0.3 is 14.6 Å². The molecule has 1 aromatic carbocycles. The van der Waals surface area contributed by atoms with Crippen molar-refractivity contribution in [3.63, 3.8) is 0 Å². The number of aliphatic carboxylic acids is 1. The highest BCUT2D eigenvalue weighted by atomic mass is 35.5. The molecule has 118 valence electrons. The molecule has 0 saturated heterocycles. The summed E-state index contributed by atoms with van der Waals surface area (Å²) in [6, 6.07) is 3.59. The minimum atomic E-state index is -0.801. The van der Waals surface area contributed by atoms with E-state index in [-0.39, 0.29) is 18.6 Å². The number of aryl methyl sites for hydroxylation is 1. The Morgan fingerprint density at radius 1 is 1.14 bits per heavy atom. The zero-order valence-electron chi connectivity index (χ0n) is 13.0. The summed E-state index contributed by atoms with van der Waals surface area (Å²) in [6.45, 7) is 7.76. The van der Waals surface area contributed by atoms with Crippen molar-refractivity contribution in [3.8, 4) is 11.5 Å². The lowest BCUT2D eigenvalue weighted by Gasteiger charge is -2.19. The third-order valence-electron chi connectivity index (χ3n) is 2.67. The van der Waals surface area contributed by atoms with Crippen molar-refractivity contribution < 1.29 is 19.4 Å². The van der Waals surface area contributed by atoms with Crippen LogP contribution < -0.4 is 9.47 Å². The normalized spacial score (nSPS) is 11.0. The Morgan fingerprint density at radius 2 is 1.67 bits per heavy atom. The van der Waals surface area contributed by atoms with Gasteiger partial charge in [-0.2, -0.15) is 0 Å². The fraction of sp³-hybridized carbons (Fsp3) is 0.562. The number of ether oxygens (including phenoxy) is 2. The van der Waals surface area contributed by atoms with Crippen LogP contribution in [0, 0.1) is 0 Å². The first-order valence-corrected chi connectivity index (χ1v) is 7.55. The van der Waals surface area contributed by atoms with Crippen molar-refractivity contribution in [2.24, 2.45) is 0 Å². The Labute approximate surface area is 131 Å². The van der Waals surface area contributed by atoms with E-state index < -0.39 is 5.97 Å². The Kier molecular flexibility index (Phi) is 6.82. The largest absolute Gasteiger partial charge is 0.487 e. The number of hydrogen-bond donors (Lipinski definition) is 1. The third-order valence-corrected chi connectivity index (χ3v) is 3.03. The average molecular weight is 315 g/mol. The minimum absolute atomic E-state index is 0.0209. The molecule has 1 N–H and O–H groups in total. The maximum atomic E-state index is 10.6. The third kappa shape index (κ3) is 6.25. The monoisotopic (exact) mass is 314 g/mol. The van der Waals surface area contributed by atoms with Crippen molar-refractivity contribution in [1.82, 2.24) is 0 Å². The molecular weight excluding hydrogens is 292 g/mol. The Bertz CT molecular complexity index is 483. The van der Waals surface area contributed by atoms with Gasteiger partial charge >= 0.3 is 5.97 Å². The highest BCUT2D eigenvalue weighted by molar-refractivity contribution is 6.31. The van der Waals surface area contributed by atoms with Crippen LogP contribution in [0.3, 0.4) is 0 Å². The molecular formula is C16H23ClO4. The van der Waals surface area contributed by atoms with Crippen molar-refractivity contribution >= 4 is 17.6 Å². The van der Waals surface area contributed by atoms with Crippen molar-refractivity contribution in [1.29, 1.82) is 0 Å². The van der Waals surface area contributed by atoms with Crippen LogP contribution in [0.2, 0.25) is 5.02 Å².